The molecule has 0 aliphatic rings. The Morgan fingerprint density at radius 1 is 1.12 bits per heavy atom. The lowest BCUT2D eigenvalue weighted by molar-refractivity contribution is 0.0273. The monoisotopic (exact) mass is 325 g/mol. The summed E-state index contributed by atoms with van der Waals surface area (Å²) in [4.78, 5) is 15.9. The Morgan fingerprint density at radius 2 is 1.92 bits per heavy atom. The zero-order valence-corrected chi connectivity index (χ0v) is 13.2. The maximum atomic E-state index is 12.0. The number of hydrogen-bond donors (Lipinski definition) is 0. The number of aromatic nitrogens is 3. The van der Waals surface area contributed by atoms with Crippen LogP contribution < -0.4 is 4.74 Å². The van der Waals surface area contributed by atoms with Crippen molar-refractivity contribution in [3.05, 3.63) is 60.2 Å². The molecule has 7 heteroatoms. The average Bonchev–Trinajstić information content (AvgIpc) is 3.13. The minimum Gasteiger partial charge on any atom is -0.497 e. The van der Waals surface area contributed by atoms with Gasteiger partial charge in [0.15, 0.2) is 6.10 Å². The Morgan fingerprint density at radius 3 is 2.58 bits per heavy atom. The number of benzene rings is 1. The lowest BCUT2D eigenvalue weighted by Crippen LogP contribution is -2.10. The van der Waals surface area contributed by atoms with Gasteiger partial charge in [0, 0.05) is 11.8 Å². The van der Waals surface area contributed by atoms with E-state index >= 15 is 0 Å². The first-order valence-electron chi connectivity index (χ1n) is 7.27. The summed E-state index contributed by atoms with van der Waals surface area (Å²) >= 11 is 0. The molecule has 0 radical (unpaired) electrons. The number of pyridine rings is 1. The fourth-order valence-corrected chi connectivity index (χ4v) is 2.00. The number of carbonyl (C=O) groups excluding carboxylic acids is 1. The van der Waals surface area contributed by atoms with Crippen molar-refractivity contribution in [3.8, 4) is 17.2 Å². The van der Waals surface area contributed by atoms with Crippen molar-refractivity contribution < 1.29 is 18.7 Å². The van der Waals surface area contributed by atoms with Crippen LogP contribution in [0.1, 0.15) is 29.4 Å². The van der Waals surface area contributed by atoms with Crippen LogP contribution in [0.2, 0.25) is 0 Å². The van der Waals surface area contributed by atoms with Gasteiger partial charge in [-0.25, -0.2) is 9.78 Å². The van der Waals surface area contributed by atoms with Crippen LogP contribution in [-0.2, 0) is 4.74 Å². The summed E-state index contributed by atoms with van der Waals surface area (Å²) in [6.07, 6.45) is 0.842. The topological polar surface area (TPSA) is 87.3 Å². The molecule has 0 fully saturated rings. The molecule has 0 bridgehead atoms. The van der Waals surface area contributed by atoms with E-state index < -0.39 is 12.1 Å². The highest BCUT2D eigenvalue weighted by Crippen LogP contribution is 2.24. The molecular formula is C17H15N3O4. The van der Waals surface area contributed by atoms with Gasteiger partial charge in [-0.15, -0.1) is 10.2 Å². The first-order valence-corrected chi connectivity index (χ1v) is 7.27. The third kappa shape index (κ3) is 3.40. The predicted molar refractivity (Wildman–Crippen MR) is 84.4 cm³/mol. The van der Waals surface area contributed by atoms with Crippen molar-refractivity contribution in [2.24, 2.45) is 0 Å². The highest BCUT2D eigenvalue weighted by Gasteiger charge is 2.20. The Labute approximate surface area is 138 Å². The summed E-state index contributed by atoms with van der Waals surface area (Å²) in [6.45, 7) is 1.66. The summed E-state index contributed by atoms with van der Waals surface area (Å²) in [5, 5.41) is 7.91. The minimum atomic E-state index is -0.681. The van der Waals surface area contributed by atoms with Crippen LogP contribution in [-0.4, -0.2) is 28.3 Å². The Kier molecular flexibility index (Phi) is 4.51. The Hall–Kier alpha value is -3.22. The second kappa shape index (κ2) is 6.91. The molecule has 0 spiro atoms. The van der Waals surface area contributed by atoms with Gasteiger partial charge in [0.1, 0.15) is 11.4 Å². The van der Waals surface area contributed by atoms with Crippen molar-refractivity contribution in [2.45, 2.75) is 13.0 Å². The predicted octanol–water partition coefficient (Wildman–Crippen LogP) is 3.06. The lowest BCUT2D eigenvalue weighted by atomic mass is 10.2. The molecule has 0 unspecified atom stereocenters. The van der Waals surface area contributed by atoms with Crippen molar-refractivity contribution in [2.75, 3.05) is 7.11 Å². The van der Waals surface area contributed by atoms with Crippen LogP contribution in [0.5, 0.6) is 5.75 Å². The van der Waals surface area contributed by atoms with Gasteiger partial charge in [0.25, 0.3) is 5.89 Å². The summed E-state index contributed by atoms with van der Waals surface area (Å²) in [6, 6.07) is 12.2. The third-order valence-corrected chi connectivity index (χ3v) is 3.28. The summed E-state index contributed by atoms with van der Waals surface area (Å²) < 4.78 is 16.0. The molecule has 3 aromatic rings. The Bertz CT molecular complexity index is 815. The van der Waals surface area contributed by atoms with Crippen molar-refractivity contribution in [3.63, 3.8) is 0 Å². The van der Waals surface area contributed by atoms with E-state index in [9.17, 15) is 4.79 Å². The maximum absolute atomic E-state index is 12.0. The van der Waals surface area contributed by atoms with E-state index in [1.54, 1.807) is 56.5 Å². The molecule has 122 valence electrons. The highest BCUT2D eigenvalue weighted by molar-refractivity contribution is 5.87. The van der Waals surface area contributed by atoms with E-state index in [1.807, 2.05) is 0 Å². The van der Waals surface area contributed by atoms with E-state index in [2.05, 4.69) is 15.2 Å². The molecule has 2 heterocycles. The van der Waals surface area contributed by atoms with Crippen molar-refractivity contribution >= 4 is 5.97 Å². The van der Waals surface area contributed by atoms with E-state index in [4.69, 9.17) is 13.9 Å². The molecule has 0 aliphatic carbocycles. The van der Waals surface area contributed by atoms with Gasteiger partial charge < -0.3 is 13.9 Å². The number of esters is 1. The van der Waals surface area contributed by atoms with Gasteiger partial charge in [-0.1, -0.05) is 6.07 Å². The molecule has 1 atom stereocenters. The number of hydrogen-bond acceptors (Lipinski definition) is 7. The van der Waals surface area contributed by atoms with Crippen LogP contribution >= 0.6 is 0 Å². The smallest absolute Gasteiger partial charge is 0.357 e. The van der Waals surface area contributed by atoms with Crippen LogP contribution in [0.15, 0.2) is 53.1 Å². The third-order valence-electron chi connectivity index (χ3n) is 3.28. The molecule has 0 amide bonds. The second-order valence-corrected chi connectivity index (χ2v) is 4.94. The molecule has 3 rings (SSSR count). The van der Waals surface area contributed by atoms with Gasteiger partial charge in [0.2, 0.25) is 5.89 Å². The van der Waals surface area contributed by atoms with Crippen molar-refractivity contribution in [1.29, 1.82) is 0 Å². The molecule has 24 heavy (non-hydrogen) atoms. The van der Waals surface area contributed by atoms with Gasteiger partial charge >= 0.3 is 5.97 Å². The number of rotatable bonds is 5. The van der Waals surface area contributed by atoms with Gasteiger partial charge in [-0.3, -0.25) is 0 Å². The summed E-state index contributed by atoms with van der Waals surface area (Å²) in [7, 11) is 1.59. The van der Waals surface area contributed by atoms with E-state index in [0.29, 0.717) is 5.89 Å². The fourth-order valence-electron chi connectivity index (χ4n) is 2.00. The molecule has 1 aromatic carbocycles. The summed E-state index contributed by atoms with van der Waals surface area (Å²) in [5.74, 6) is 0.738. The molecule has 0 aliphatic heterocycles. The van der Waals surface area contributed by atoms with E-state index in [1.165, 1.54) is 6.20 Å². The van der Waals surface area contributed by atoms with Gasteiger partial charge in [-0.2, -0.15) is 0 Å². The molecular weight excluding hydrogens is 310 g/mol. The number of ether oxygens (including phenoxy) is 2. The van der Waals surface area contributed by atoms with Gasteiger partial charge in [-0.05, 0) is 43.3 Å². The van der Waals surface area contributed by atoms with Crippen LogP contribution in [0.25, 0.3) is 11.5 Å². The standard InChI is InChI=1S/C17H15N3O4/c1-11(23-17(21)14-5-3-4-10-18-14)15-19-20-16(24-15)12-6-8-13(22-2)9-7-12/h3-11H,1-2H3/t11-/m1/s1. The number of carbonyl (C=O) groups is 1. The highest BCUT2D eigenvalue weighted by atomic mass is 16.6. The van der Waals surface area contributed by atoms with Crippen LogP contribution in [0, 0.1) is 0 Å². The molecule has 2 aromatic heterocycles. The van der Waals surface area contributed by atoms with Crippen LogP contribution in [0.3, 0.4) is 0 Å². The number of nitrogens with zero attached hydrogens (tertiary/aromatic N) is 3. The van der Waals surface area contributed by atoms with E-state index in [0.717, 1.165) is 11.3 Å². The van der Waals surface area contributed by atoms with Crippen molar-refractivity contribution in [1.82, 2.24) is 15.2 Å². The first kappa shape index (κ1) is 15.7. The van der Waals surface area contributed by atoms with Crippen LogP contribution in [0.4, 0.5) is 0 Å². The second-order valence-electron chi connectivity index (χ2n) is 4.94. The molecule has 0 N–H and O–H groups in total. The normalized spacial score (nSPS) is 11.8. The molecule has 0 saturated heterocycles. The maximum Gasteiger partial charge on any atom is 0.357 e. The fraction of sp³-hybridized carbons (Fsp3) is 0.176. The van der Waals surface area contributed by atoms with Gasteiger partial charge in [0.05, 0.1) is 7.11 Å². The minimum absolute atomic E-state index is 0.213. The average molecular weight is 325 g/mol. The first-order chi connectivity index (χ1) is 11.7. The largest absolute Gasteiger partial charge is 0.497 e. The zero-order valence-electron chi connectivity index (χ0n) is 13.2. The Balaban J connectivity index is 1.71. The quantitative estimate of drug-likeness (QED) is 0.666. The SMILES string of the molecule is COc1ccc(-c2nnc([C@@H](C)OC(=O)c3ccccn3)o2)cc1. The van der Waals surface area contributed by atoms with E-state index in [-0.39, 0.29) is 11.6 Å². The zero-order chi connectivity index (χ0) is 16.9. The number of methoxy groups -OCH3 is 1. The molecule has 7 nitrogen and oxygen atoms in total. The summed E-state index contributed by atoms with van der Waals surface area (Å²) in [5.41, 5.74) is 0.969. The lowest BCUT2D eigenvalue weighted by Gasteiger charge is -2.08. The molecule has 0 saturated carbocycles.